The molecule has 1 fully saturated rings. The largest absolute Gasteiger partial charge is 0.298 e. The number of sulfonamides is 1. The third-order valence-corrected chi connectivity index (χ3v) is 5.44. The molecule has 1 atom stereocenters. The van der Waals surface area contributed by atoms with Crippen LogP contribution in [0.5, 0.6) is 0 Å². The smallest absolute Gasteiger partial charge is 0.213 e. The highest BCUT2D eigenvalue weighted by Crippen LogP contribution is 2.24. The molecule has 0 aromatic carbocycles. The Kier molecular flexibility index (Phi) is 5.21. The van der Waals surface area contributed by atoms with Crippen LogP contribution in [0.1, 0.15) is 41.0 Å². The summed E-state index contributed by atoms with van der Waals surface area (Å²) in [4.78, 5) is 2.41. The molecule has 108 valence electrons. The number of piperazine rings is 1. The Balaban J connectivity index is 2.49. The maximum atomic E-state index is 11.8. The molecule has 18 heavy (non-hydrogen) atoms. The third kappa shape index (κ3) is 4.52. The maximum absolute atomic E-state index is 11.8. The topological polar surface area (TPSA) is 40.6 Å². The highest BCUT2D eigenvalue weighted by molar-refractivity contribution is 7.89. The van der Waals surface area contributed by atoms with E-state index in [-0.39, 0.29) is 5.75 Å². The molecule has 1 saturated heterocycles. The molecule has 1 heterocycles. The first-order valence-electron chi connectivity index (χ1n) is 6.87. The van der Waals surface area contributed by atoms with Crippen molar-refractivity contribution in [2.75, 3.05) is 31.9 Å². The van der Waals surface area contributed by atoms with Gasteiger partial charge >= 0.3 is 0 Å². The van der Waals surface area contributed by atoms with Gasteiger partial charge in [0.1, 0.15) is 0 Å². The van der Waals surface area contributed by atoms with Crippen molar-refractivity contribution in [3.63, 3.8) is 0 Å². The highest BCUT2D eigenvalue weighted by atomic mass is 32.2. The van der Waals surface area contributed by atoms with Gasteiger partial charge in [0, 0.05) is 32.2 Å². The van der Waals surface area contributed by atoms with Gasteiger partial charge in [-0.2, -0.15) is 4.31 Å². The first kappa shape index (κ1) is 15.9. The summed E-state index contributed by atoms with van der Waals surface area (Å²) in [6.07, 6.45) is 1.15. The predicted octanol–water partition coefficient (Wildman–Crippen LogP) is 1.78. The molecule has 0 radical (unpaired) electrons. The van der Waals surface area contributed by atoms with E-state index in [0.29, 0.717) is 24.5 Å². The molecule has 1 unspecified atom stereocenters. The van der Waals surface area contributed by atoms with Gasteiger partial charge in [0.05, 0.1) is 5.75 Å². The van der Waals surface area contributed by atoms with Gasteiger partial charge in [-0.05, 0) is 25.7 Å². The summed E-state index contributed by atoms with van der Waals surface area (Å²) in [5.41, 5.74) is 0.325. The van der Waals surface area contributed by atoms with Crippen LogP contribution in [-0.4, -0.2) is 55.6 Å². The van der Waals surface area contributed by atoms with Crippen molar-refractivity contribution < 1.29 is 8.42 Å². The van der Waals surface area contributed by atoms with E-state index in [1.54, 1.807) is 11.2 Å². The normalized spacial score (nSPS) is 22.1. The lowest BCUT2D eigenvalue weighted by Gasteiger charge is -2.39. The van der Waals surface area contributed by atoms with Gasteiger partial charge in [0.25, 0.3) is 0 Å². The minimum Gasteiger partial charge on any atom is -0.298 e. The second-order valence-electron chi connectivity index (χ2n) is 6.45. The monoisotopic (exact) mass is 276 g/mol. The van der Waals surface area contributed by atoms with Crippen molar-refractivity contribution in [1.29, 1.82) is 0 Å². The zero-order chi connectivity index (χ0) is 14.0. The highest BCUT2D eigenvalue weighted by Gasteiger charge is 2.28. The van der Waals surface area contributed by atoms with Crippen molar-refractivity contribution in [3.8, 4) is 0 Å². The Morgan fingerprint density at radius 1 is 1.11 bits per heavy atom. The van der Waals surface area contributed by atoms with E-state index in [1.165, 1.54) is 0 Å². The lowest BCUT2D eigenvalue weighted by molar-refractivity contribution is 0.117. The van der Waals surface area contributed by atoms with E-state index in [1.807, 2.05) is 0 Å². The lowest BCUT2D eigenvalue weighted by atomic mass is 9.88. The summed E-state index contributed by atoms with van der Waals surface area (Å²) in [7, 11) is -3.00. The standard InChI is InChI=1S/C13H28N2O2S/c1-6-18(16,17)15-9-7-14(8-10-15)12(2)11-13(3,4)5/h12H,6-11H2,1-5H3. The van der Waals surface area contributed by atoms with Gasteiger partial charge in [-0.1, -0.05) is 20.8 Å². The maximum Gasteiger partial charge on any atom is 0.213 e. The fourth-order valence-electron chi connectivity index (χ4n) is 2.62. The summed E-state index contributed by atoms with van der Waals surface area (Å²) >= 11 is 0. The van der Waals surface area contributed by atoms with Crippen molar-refractivity contribution in [1.82, 2.24) is 9.21 Å². The molecule has 0 amide bonds. The summed E-state index contributed by atoms with van der Waals surface area (Å²) in [6.45, 7) is 13.7. The predicted molar refractivity (Wildman–Crippen MR) is 76.1 cm³/mol. The van der Waals surface area contributed by atoms with Gasteiger partial charge in [0.2, 0.25) is 10.0 Å². The molecule has 0 N–H and O–H groups in total. The molecule has 1 rings (SSSR count). The molecule has 0 spiro atoms. The first-order chi connectivity index (χ1) is 8.15. The van der Waals surface area contributed by atoms with E-state index in [9.17, 15) is 8.42 Å². The van der Waals surface area contributed by atoms with Crippen LogP contribution in [0.3, 0.4) is 0 Å². The molecule has 0 bridgehead atoms. The average Bonchev–Trinajstić information content (AvgIpc) is 2.27. The Morgan fingerprint density at radius 3 is 2.00 bits per heavy atom. The fraction of sp³-hybridized carbons (Fsp3) is 1.00. The zero-order valence-electron chi connectivity index (χ0n) is 12.4. The van der Waals surface area contributed by atoms with Crippen LogP contribution < -0.4 is 0 Å². The minimum atomic E-state index is -3.00. The first-order valence-corrected chi connectivity index (χ1v) is 8.48. The van der Waals surface area contributed by atoms with Crippen molar-refractivity contribution >= 4 is 10.0 Å². The molecule has 0 aromatic heterocycles. The second kappa shape index (κ2) is 5.88. The summed E-state index contributed by atoms with van der Waals surface area (Å²) < 4.78 is 25.2. The SMILES string of the molecule is CCS(=O)(=O)N1CCN(C(C)CC(C)(C)C)CC1. The summed E-state index contributed by atoms with van der Waals surface area (Å²) in [6, 6.07) is 0.525. The Bertz CT molecular complexity index is 352. The van der Waals surface area contributed by atoms with E-state index >= 15 is 0 Å². The quantitative estimate of drug-likeness (QED) is 0.786. The number of rotatable bonds is 4. The van der Waals surface area contributed by atoms with Crippen LogP contribution in [0.25, 0.3) is 0 Å². The second-order valence-corrected chi connectivity index (χ2v) is 8.71. The van der Waals surface area contributed by atoms with Gasteiger partial charge in [0.15, 0.2) is 0 Å². The zero-order valence-corrected chi connectivity index (χ0v) is 13.3. The molecular formula is C13H28N2O2S. The van der Waals surface area contributed by atoms with Gasteiger partial charge in [-0.25, -0.2) is 8.42 Å². The third-order valence-electron chi connectivity index (χ3n) is 3.56. The molecule has 5 heteroatoms. The molecule has 0 saturated carbocycles. The molecule has 1 aliphatic heterocycles. The molecule has 0 aromatic rings. The Labute approximate surface area is 112 Å². The van der Waals surface area contributed by atoms with Crippen molar-refractivity contribution in [2.24, 2.45) is 5.41 Å². The number of hydrogen-bond acceptors (Lipinski definition) is 3. The molecule has 1 aliphatic rings. The lowest BCUT2D eigenvalue weighted by Crippen LogP contribution is -2.52. The Morgan fingerprint density at radius 2 is 1.61 bits per heavy atom. The van der Waals surface area contributed by atoms with Crippen LogP contribution >= 0.6 is 0 Å². The van der Waals surface area contributed by atoms with E-state index in [0.717, 1.165) is 19.5 Å². The van der Waals surface area contributed by atoms with Gasteiger partial charge in [-0.3, -0.25) is 4.90 Å². The Hall–Kier alpha value is -0.130. The van der Waals surface area contributed by atoms with E-state index < -0.39 is 10.0 Å². The van der Waals surface area contributed by atoms with E-state index in [2.05, 4.69) is 32.6 Å². The van der Waals surface area contributed by atoms with Crippen LogP contribution in [0, 0.1) is 5.41 Å². The number of nitrogens with zero attached hydrogens (tertiary/aromatic N) is 2. The molecular weight excluding hydrogens is 248 g/mol. The van der Waals surface area contributed by atoms with Gasteiger partial charge in [-0.15, -0.1) is 0 Å². The fourth-order valence-corrected chi connectivity index (χ4v) is 3.71. The van der Waals surface area contributed by atoms with Crippen molar-refractivity contribution in [3.05, 3.63) is 0 Å². The molecule has 0 aliphatic carbocycles. The van der Waals surface area contributed by atoms with Gasteiger partial charge < -0.3 is 0 Å². The minimum absolute atomic E-state index is 0.213. The van der Waals surface area contributed by atoms with Crippen molar-refractivity contribution in [2.45, 2.75) is 47.1 Å². The molecule has 4 nitrogen and oxygen atoms in total. The van der Waals surface area contributed by atoms with E-state index in [4.69, 9.17) is 0 Å². The summed E-state index contributed by atoms with van der Waals surface area (Å²) in [5.74, 6) is 0.213. The van der Waals surface area contributed by atoms with Crippen LogP contribution in [0.4, 0.5) is 0 Å². The van der Waals surface area contributed by atoms with Crippen LogP contribution in [-0.2, 0) is 10.0 Å². The number of hydrogen-bond donors (Lipinski definition) is 0. The van der Waals surface area contributed by atoms with Crippen LogP contribution in [0.2, 0.25) is 0 Å². The average molecular weight is 276 g/mol. The summed E-state index contributed by atoms with van der Waals surface area (Å²) in [5, 5.41) is 0. The van der Waals surface area contributed by atoms with Crippen LogP contribution in [0.15, 0.2) is 0 Å².